The molecule has 0 radical (unpaired) electrons. The minimum atomic E-state index is -0.188. The summed E-state index contributed by atoms with van der Waals surface area (Å²) in [6.45, 7) is 0. The van der Waals surface area contributed by atoms with Gasteiger partial charge in [0.1, 0.15) is 5.82 Å². The van der Waals surface area contributed by atoms with Crippen molar-refractivity contribution in [3.05, 3.63) is 18.2 Å². The van der Waals surface area contributed by atoms with Crippen molar-refractivity contribution in [1.29, 1.82) is 0 Å². The van der Waals surface area contributed by atoms with E-state index in [2.05, 4.69) is 31.2 Å². The van der Waals surface area contributed by atoms with E-state index in [4.69, 9.17) is 0 Å². The van der Waals surface area contributed by atoms with Crippen LogP contribution in [0.2, 0.25) is 0 Å². The number of imidazole rings is 1. The number of aromatic nitrogens is 2. The molecule has 1 heterocycles. The Balaban J connectivity index is 1.92. The number of rotatable bonds is 5. The van der Waals surface area contributed by atoms with Crippen LogP contribution in [0, 0.1) is 0 Å². The summed E-state index contributed by atoms with van der Waals surface area (Å²) in [4.78, 5) is 18.8. The van der Waals surface area contributed by atoms with Crippen LogP contribution in [0.4, 0.5) is 0 Å². The fourth-order valence-electron chi connectivity index (χ4n) is 1.63. The second-order valence-corrected chi connectivity index (χ2v) is 4.65. The Morgan fingerprint density at radius 2 is 2.47 bits per heavy atom. The second kappa shape index (κ2) is 4.35. The smallest absolute Gasteiger partial charge is 0.220 e. The Morgan fingerprint density at radius 1 is 1.67 bits per heavy atom. The molecule has 4 nitrogen and oxygen atoms in total. The van der Waals surface area contributed by atoms with Gasteiger partial charge in [-0.25, -0.2) is 4.98 Å². The molecule has 1 amide bonds. The Labute approximate surface area is 97.0 Å². The average Bonchev–Trinajstić information content (AvgIpc) is 2.82. The summed E-state index contributed by atoms with van der Waals surface area (Å²) in [7, 11) is 0. The quantitative estimate of drug-likeness (QED) is 0.801. The van der Waals surface area contributed by atoms with Gasteiger partial charge in [-0.3, -0.25) is 4.79 Å². The highest BCUT2D eigenvalue weighted by Crippen LogP contribution is 2.43. The van der Waals surface area contributed by atoms with E-state index in [0.717, 1.165) is 30.4 Å². The van der Waals surface area contributed by atoms with E-state index in [1.54, 1.807) is 12.4 Å². The zero-order valence-corrected chi connectivity index (χ0v) is 10.0. The van der Waals surface area contributed by atoms with Gasteiger partial charge in [0, 0.05) is 24.1 Å². The highest BCUT2D eigenvalue weighted by molar-refractivity contribution is 9.09. The van der Waals surface area contributed by atoms with E-state index in [1.165, 1.54) is 0 Å². The van der Waals surface area contributed by atoms with E-state index >= 15 is 0 Å². The summed E-state index contributed by atoms with van der Waals surface area (Å²) < 4.78 is 0. The molecule has 82 valence electrons. The number of aromatic amines is 1. The molecule has 2 rings (SSSR count). The number of nitrogens with zero attached hydrogens (tertiary/aromatic N) is 1. The van der Waals surface area contributed by atoms with Gasteiger partial charge in [-0.15, -0.1) is 0 Å². The van der Waals surface area contributed by atoms with Crippen molar-refractivity contribution in [1.82, 2.24) is 15.3 Å². The molecular formula is C10H14BrN3O. The summed E-state index contributed by atoms with van der Waals surface area (Å²) in [5, 5.41) is 3.92. The van der Waals surface area contributed by atoms with E-state index in [-0.39, 0.29) is 11.4 Å². The van der Waals surface area contributed by atoms with Crippen molar-refractivity contribution in [2.24, 2.45) is 0 Å². The number of H-pyrrole nitrogens is 1. The fraction of sp³-hybridized carbons (Fsp3) is 0.600. The zero-order valence-electron chi connectivity index (χ0n) is 8.42. The van der Waals surface area contributed by atoms with E-state index in [0.29, 0.717) is 6.42 Å². The molecule has 1 saturated carbocycles. The number of carbonyl (C=O) groups is 1. The largest absolute Gasteiger partial charge is 0.347 e. The zero-order chi connectivity index (χ0) is 10.7. The van der Waals surface area contributed by atoms with Gasteiger partial charge in [-0.05, 0) is 19.3 Å². The molecule has 1 aliphatic rings. The lowest BCUT2D eigenvalue weighted by Crippen LogP contribution is -2.35. The predicted octanol–water partition coefficient (Wildman–Crippen LogP) is 1.69. The van der Waals surface area contributed by atoms with Crippen LogP contribution < -0.4 is 5.32 Å². The van der Waals surface area contributed by atoms with Gasteiger partial charge in [-0.1, -0.05) is 15.9 Å². The minimum Gasteiger partial charge on any atom is -0.347 e. The van der Waals surface area contributed by atoms with Crippen molar-refractivity contribution in [3.8, 4) is 0 Å². The topological polar surface area (TPSA) is 57.8 Å². The Bertz CT molecular complexity index is 332. The van der Waals surface area contributed by atoms with Crippen LogP contribution >= 0.6 is 15.9 Å². The third-order valence-electron chi connectivity index (χ3n) is 2.62. The lowest BCUT2D eigenvalue weighted by atomic mass is 10.2. The first-order chi connectivity index (χ1) is 7.27. The maximum atomic E-state index is 11.6. The number of hydrogen-bond donors (Lipinski definition) is 2. The van der Waals surface area contributed by atoms with Crippen LogP contribution in [-0.4, -0.2) is 21.2 Å². The number of hydrogen-bond acceptors (Lipinski definition) is 2. The summed E-state index contributed by atoms with van der Waals surface area (Å²) in [6, 6.07) is 0. The van der Waals surface area contributed by atoms with Crippen LogP contribution in [0.1, 0.15) is 31.5 Å². The molecule has 2 N–H and O–H groups in total. The maximum absolute atomic E-state index is 11.6. The summed E-state index contributed by atoms with van der Waals surface area (Å²) in [5.41, 5.74) is -0.188. The minimum absolute atomic E-state index is 0.114. The third-order valence-corrected chi connectivity index (χ3v) is 3.18. The van der Waals surface area contributed by atoms with Crippen LogP contribution in [0.25, 0.3) is 0 Å². The van der Waals surface area contributed by atoms with E-state index < -0.39 is 0 Å². The SMILES string of the molecule is O=C(CCCBr)NC1(c2ncc[nH]2)CC1. The monoisotopic (exact) mass is 271 g/mol. The maximum Gasteiger partial charge on any atom is 0.220 e. The van der Waals surface area contributed by atoms with E-state index in [9.17, 15) is 4.79 Å². The molecule has 5 heteroatoms. The fourth-order valence-corrected chi connectivity index (χ4v) is 1.91. The van der Waals surface area contributed by atoms with Crippen LogP contribution in [0.5, 0.6) is 0 Å². The number of carbonyl (C=O) groups excluding carboxylic acids is 1. The molecule has 0 unspecified atom stereocenters. The summed E-state index contributed by atoms with van der Waals surface area (Å²) >= 11 is 3.31. The normalized spacial score (nSPS) is 17.4. The molecule has 0 aliphatic heterocycles. The standard InChI is InChI=1S/C10H14BrN3O/c11-5-1-2-8(15)14-10(3-4-10)9-12-6-7-13-9/h6-7H,1-5H2,(H,12,13)(H,14,15). The van der Waals surface area contributed by atoms with Crippen molar-refractivity contribution in [3.63, 3.8) is 0 Å². The van der Waals surface area contributed by atoms with Gasteiger partial charge < -0.3 is 10.3 Å². The molecule has 15 heavy (non-hydrogen) atoms. The first-order valence-electron chi connectivity index (χ1n) is 5.14. The number of amides is 1. The first kappa shape index (κ1) is 10.7. The Hall–Kier alpha value is -0.840. The van der Waals surface area contributed by atoms with Gasteiger partial charge in [-0.2, -0.15) is 0 Å². The molecule has 0 spiro atoms. The van der Waals surface area contributed by atoms with Crippen LogP contribution in [-0.2, 0) is 10.3 Å². The molecule has 1 aliphatic carbocycles. The number of alkyl halides is 1. The summed E-state index contributed by atoms with van der Waals surface area (Å²) in [6.07, 6.45) is 6.94. The highest BCUT2D eigenvalue weighted by Gasteiger charge is 2.47. The summed E-state index contributed by atoms with van der Waals surface area (Å²) in [5.74, 6) is 0.998. The van der Waals surface area contributed by atoms with Gasteiger partial charge >= 0.3 is 0 Å². The van der Waals surface area contributed by atoms with Crippen molar-refractivity contribution in [2.45, 2.75) is 31.2 Å². The molecular weight excluding hydrogens is 258 g/mol. The Kier molecular flexibility index (Phi) is 3.09. The van der Waals surface area contributed by atoms with Crippen LogP contribution in [0.3, 0.4) is 0 Å². The highest BCUT2D eigenvalue weighted by atomic mass is 79.9. The lowest BCUT2D eigenvalue weighted by Gasteiger charge is -2.14. The molecule has 0 saturated heterocycles. The molecule has 0 atom stereocenters. The van der Waals surface area contributed by atoms with Crippen molar-refractivity contribution < 1.29 is 4.79 Å². The van der Waals surface area contributed by atoms with Gasteiger partial charge in [0.25, 0.3) is 0 Å². The van der Waals surface area contributed by atoms with Crippen molar-refractivity contribution >= 4 is 21.8 Å². The molecule has 1 fully saturated rings. The third kappa shape index (κ3) is 2.40. The molecule has 0 bridgehead atoms. The molecule has 0 aromatic carbocycles. The molecule has 1 aromatic rings. The van der Waals surface area contributed by atoms with Gasteiger partial charge in [0.15, 0.2) is 0 Å². The van der Waals surface area contributed by atoms with E-state index in [1.807, 2.05) is 0 Å². The van der Waals surface area contributed by atoms with Crippen LogP contribution in [0.15, 0.2) is 12.4 Å². The average molecular weight is 272 g/mol. The predicted molar refractivity (Wildman–Crippen MR) is 60.7 cm³/mol. The van der Waals surface area contributed by atoms with Gasteiger partial charge in [0.05, 0.1) is 5.54 Å². The van der Waals surface area contributed by atoms with Gasteiger partial charge in [0.2, 0.25) is 5.91 Å². The second-order valence-electron chi connectivity index (χ2n) is 3.86. The molecule has 1 aromatic heterocycles. The van der Waals surface area contributed by atoms with Crippen molar-refractivity contribution in [2.75, 3.05) is 5.33 Å². The number of halogens is 1. The Morgan fingerprint density at radius 3 is 3.00 bits per heavy atom. The first-order valence-corrected chi connectivity index (χ1v) is 6.26. The number of nitrogens with one attached hydrogen (secondary N) is 2. The lowest BCUT2D eigenvalue weighted by molar-refractivity contribution is -0.122.